The second-order valence-electron chi connectivity index (χ2n) is 6.08. The maximum Gasteiger partial charge on any atom is 0.264 e. The first-order chi connectivity index (χ1) is 12.3. The van der Waals surface area contributed by atoms with Crippen molar-refractivity contribution < 1.29 is 22.0 Å². The predicted octanol–water partition coefficient (Wildman–Crippen LogP) is 3.06. The fraction of sp³-hybridized carbons (Fsp3) is 0.278. The van der Waals surface area contributed by atoms with Crippen LogP contribution in [0.3, 0.4) is 0 Å². The number of nitrogens with one attached hydrogen (secondary N) is 1. The number of sulfonamides is 1. The minimum absolute atomic E-state index is 0.0371. The van der Waals surface area contributed by atoms with E-state index in [9.17, 15) is 22.0 Å². The molecular formula is C18H18F2N2O3S. The van der Waals surface area contributed by atoms with E-state index in [0.29, 0.717) is 32.0 Å². The zero-order valence-corrected chi connectivity index (χ0v) is 14.9. The Morgan fingerprint density at radius 2 is 1.92 bits per heavy atom. The molecule has 2 aromatic rings. The number of hydrogen-bond acceptors (Lipinski definition) is 3. The molecule has 1 heterocycles. The van der Waals surface area contributed by atoms with Crippen molar-refractivity contribution in [3.05, 3.63) is 59.2 Å². The Hall–Kier alpha value is -2.48. The molecule has 0 atom stereocenters. The zero-order valence-electron chi connectivity index (χ0n) is 14.1. The Bertz CT molecular complexity index is 961. The topological polar surface area (TPSA) is 66.5 Å². The van der Waals surface area contributed by atoms with E-state index in [1.54, 1.807) is 30.0 Å². The largest absolute Gasteiger partial charge is 0.338 e. The Morgan fingerprint density at radius 1 is 1.15 bits per heavy atom. The van der Waals surface area contributed by atoms with Crippen LogP contribution in [0.4, 0.5) is 14.5 Å². The second kappa shape index (κ2) is 7.03. The van der Waals surface area contributed by atoms with Crippen molar-refractivity contribution in [3.63, 3.8) is 0 Å². The van der Waals surface area contributed by atoms with Crippen LogP contribution in [0, 0.1) is 11.6 Å². The van der Waals surface area contributed by atoms with Crippen molar-refractivity contribution in [1.29, 1.82) is 0 Å². The third-order valence-corrected chi connectivity index (χ3v) is 5.72. The zero-order chi connectivity index (χ0) is 18.9. The number of hydrogen-bond donors (Lipinski definition) is 1. The monoisotopic (exact) mass is 380 g/mol. The predicted molar refractivity (Wildman–Crippen MR) is 93.0 cm³/mol. The maximum absolute atomic E-state index is 13.8. The molecule has 2 aromatic carbocycles. The summed E-state index contributed by atoms with van der Waals surface area (Å²) in [6, 6.07) is 7.32. The van der Waals surface area contributed by atoms with E-state index in [0.717, 1.165) is 23.3 Å². The maximum atomic E-state index is 13.8. The lowest BCUT2D eigenvalue weighted by molar-refractivity contribution is -0.131. The van der Waals surface area contributed by atoms with Crippen LogP contribution in [0.15, 0.2) is 41.3 Å². The standard InChI is InChI=1S/C18H18F2N2O3S/c1-2-18(23)22-8-7-12-3-5-15(9-13(12)11-22)21-26(24,25)17-6-4-14(19)10-16(17)20/h3-6,9-10,21H,2,7-8,11H2,1H3. The van der Waals surface area contributed by atoms with E-state index < -0.39 is 26.6 Å². The molecule has 1 aliphatic heterocycles. The molecule has 26 heavy (non-hydrogen) atoms. The van der Waals surface area contributed by atoms with Gasteiger partial charge in [-0.1, -0.05) is 13.0 Å². The lowest BCUT2D eigenvalue weighted by atomic mass is 9.99. The molecule has 0 aromatic heterocycles. The van der Waals surface area contributed by atoms with Crippen LogP contribution in [-0.4, -0.2) is 25.8 Å². The molecule has 0 saturated heterocycles. The second-order valence-corrected chi connectivity index (χ2v) is 7.73. The van der Waals surface area contributed by atoms with Gasteiger partial charge >= 0.3 is 0 Å². The fourth-order valence-corrected chi connectivity index (χ4v) is 4.07. The number of amides is 1. The normalized spacial score (nSPS) is 14.0. The Morgan fingerprint density at radius 3 is 2.62 bits per heavy atom. The summed E-state index contributed by atoms with van der Waals surface area (Å²) in [5, 5.41) is 0. The number of rotatable bonds is 4. The molecule has 1 amide bonds. The average Bonchev–Trinajstić information content (AvgIpc) is 2.59. The first kappa shape index (κ1) is 18.3. The summed E-state index contributed by atoms with van der Waals surface area (Å²) >= 11 is 0. The molecule has 8 heteroatoms. The van der Waals surface area contributed by atoms with Gasteiger partial charge < -0.3 is 4.90 Å². The van der Waals surface area contributed by atoms with E-state index >= 15 is 0 Å². The Balaban J connectivity index is 1.86. The molecule has 138 valence electrons. The van der Waals surface area contributed by atoms with Crippen LogP contribution in [-0.2, 0) is 27.8 Å². The number of halogens is 2. The van der Waals surface area contributed by atoms with Gasteiger partial charge in [-0.05, 0) is 41.8 Å². The highest BCUT2D eigenvalue weighted by Crippen LogP contribution is 2.25. The minimum Gasteiger partial charge on any atom is -0.338 e. The van der Waals surface area contributed by atoms with Crippen molar-refractivity contribution in [2.24, 2.45) is 0 Å². The van der Waals surface area contributed by atoms with Crippen LogP contribution >= 0.6 is 0 Å². The molecule has 0 aliphatic carbocycles. The molecule has 0 fully saturated rings. The Kier molecular flexibility index (Phi) is 4.95. The summed E-state index contributed by atoms with van der Waals surface area (Å²) in [6.45, 7) is 2.83. The fourth-order valence-electron chi connectivity index (χ4n) is 2.96. The number of benzene rings is 2. The lowest BCUT2D eigenvalue weighted by Gasteiger charge is -2.29. The summed E-state index contributed by atoms with van der Waals surface area (Å²) < 4.78 is 53.9. The molecule has 0 spiro atoms. The van der Waals surface area contributed by atoms with Gasteiger partial charge in [0.25, 0.3) is 10.0 Å². The van der Waals surface area contributed by atoms with Crippen LogP contribution in [0.25, 0.3) is 0 Å². The Labute approximate surface area is 150 Å². The number of carbonyl (C=O) groups is 1. The molecule has 0 unspecified atom stereocenters. The van der Waals surface area contributed by atoms with E-state index in [4.69, 9.17) is 0 Å². The van der Waals surface area contributed by atoms with Gasteiger partial charge in [-0.25, -0.2) is 17.2 Å². The highest BCUT2D eigenvalue weighted by molar-refractivity contribution is 7.92. The summed E-state index contributed by atoms with van der Waals surface area (Å²) in [7, 11) is -4.19. The van der Waals surface area contributed by atoms with Gasteiger partial charge in [-0.3, -0.25) is 9.52 Å². The van der Waals surface area contributed by atoms with Gasteiger partial charge in [0.15, 0.2) is 0 Å². The van der Waals surface area contributed by atoms with Crippen molar-refractivity contribution in [2.45, 2.75) is 31.2 Å². The lowest BCUT2D eigenvalue weighted by Crippen LogP contribution is -2.35. The molecule has 0 bridgehead atoms. The summed E-state index contributed by atoms with van der Waals surface area (Å²) in [5.41, 5.74) is 2.15. The summed E-state index contributed by atoms with van der Waals surface area (Å²) in [4.78, 5) is 13.0. The molecule has 0 radical (unpaired) electrons. The smallest absolute Gasteiger partial charge is 0.264 e. The van der Waals surface area contributed by atoms with Crippen molar-refractivity contribution in [3.8, 4) is 0 Å². The highest BCUT2D eigenvalue weighted by Gasteiger charge is 2.22. The van der Waals surface area contributed by atoms with Crippen LogP contribution < -0.4 is 4.72 Å². The molecule has 1 N–H and O–H groups in total. The summed E-state index contributed by atoms with van der Waals surface area (Å²) in [6.07, 6.45) is 1.10. The van der Waals surface area contributed by atoms with Gasteiger partial charge in [0.2, 0.25) is 5.91 Å². The number of nitrogens with zero attached hydrogens (tertiary/aromatic N) is 1. The molecule has 0 saturated carbocycles. The van der Waals surface area contributed by atoms with Crippen molar-refractivity contribution in [1.82, 2.24) is 4.90 Å². The van der Waals surface area contributed by atoms with Crippen LogP contribution in [0.5, 0.6) is 0 Å². The van der Waals surface area contributed by atoms with Gasteiger partial charge in [0, 0.05) is 31.3 Å². The van der Waals surface area contributed by atoms with Gasteiger partial charge in [0.1, 0.15) is 16.5 Å². The van der Waals surface area contributed by atoms with Crippen LogP contribution in [0.1, 0.15) is 24.5 Å². The molecular weight excluding hydrogens is 362 g/mol. The van der Waals surface area contributed by atoms with E-state index in [2.05, 4.69) is 4.72 Å². The van der Waals surface area contributed by atoms with E-state index in [1.165, 1.54) is 0 Å². The molecule has 5 nitrogen and oxygen atoms in total. The SMILES string of the molecule is CCC(=O)N1CCc2ccc(NS(=O)(=O)c3ccc(F)cc3F)cc2C1. The number of fused-ring (bicyclic) bond motifs is 1. The van der Waals surface area contributed by atoms with E-state index in [-0.39, 0.29) is 11.6 Å². The van der Waals surface area contributed by atoms with Gasteiger partial charge in [-0.2, -0.15) is 0 Å². The van der Waals surface area contributed by atoms with Gasteiger partial charge in [-0.15, -0.1) is 0 Å². The molecule has 1 aliphatic rings. The number of anilines is 1. The van der Waals surface area contributed by atoms with Gasteiger partial charge in [0.05, 0.1) is 0 Å². The first-order valence-corrected chi connectivity index (χ1v) is 9.66. The third-order valence-electron chi connectivity index (χ3n) is 4.31. The summed E-state index contributed by atoms with van der Waals surface area (Å²) in [5.74, 6) is -1.97. The quantitative estimate of drug-likeness (QED) is 0.887. The van der Waals surface area contributed by atoms with Crippen LogP contribution in [0.2, 0.25) is 0 Å². The number of carbonyl (C=O) groups excluding carboxylic acids is 1. The van der Waals surface area contributed by atoms with E-state index in [1.807, 2.05) is 0 Å². The van der Waals surface area contributed by atoms with Crippen molar-refractivity contribution in [2.75, 3.05) is 11.3 Å². The third kappa shape index (κ3) is 3.70. The minimum atomic E-state index is -4.19. The van der Waals surface area contributed by atoms with Crippen molar-refractivity contribution >= 4 is 21.6 Å². The highest BCUT2D eigenvalue weighted by atomic mass is 32.2. The molecule has 3 rings (SSSR count). The average molecular weight is 380 g/mol. The first-order valence-electron chi connectivity index (χ1n) is 8.17.